The molecule has 1 saturated carbocycles. The molecule has 3 aromatic carbocycles. The van der Waals surface area contributed by atoms with Crippen LogP contribution in [0.1, 0.15) is 43.5 Å². The lowest BCUT2D eigenvalue weighted by Crippen LogP contribution is -2.18. The molecule has 1 aliphatic carbocycles. The van der Waals surface area contributed by atoms with Crippen molar-refractivity contribution in [3.05, 3.63) is 83.9 Å². The third-order valence-corrected chi connectivity index (χ3v) is 7.38. The van der Waals surface area contributed by atoms with E-state index in [9.17, 15) is 9.18 Å². The van der Waals surface area contributed by atoms with Crippen LogP contribution in [-0.4, -0.2) is 27.3 Å². The number of anilines is 1. The number of hydrogen-bond acceptors (Lipinski definition) is 6. The normalized spacial score (nSPS) is 13.5. The number of nitrogens with two attached hydrogens (primary N) is 1. The number of esters is 1. The maximum atomic E-state index is 14.1. The summed E-state index contributed by atoms with van der Waals surface area (Å²) in [7, 11) is 0. The van der Waals surface area contributed by atoms with Crippen LogP contribution in [0.5, 0.6) is 5.75 Å². The van der Waals surface area contributed by atoms with Gasteiger partial charge >= 0.3 is 5.97 Å². The Morgan fingerprint density at radius 3 is 2.74 bits per heavy atom. The lowest BCUT2D eigenvalue weighted by molar-refractivity contribution is -0.142. The molecule has 0 amide bonds. The van der Waals surface area contributed by atoms with Crippen LogP contribution < -0.4 is 10.5 Å². The largest absolute Gasteiger partial charge is 0.487 e. The first-order valence-corrected chi connectivity index (χ1v) is 13.2. The highest BCUT2D eigenvalue weighted by molar-refractivity contribution is 6.02. The van der Waals surface area contributed by atoms with E-state index in [1.165, 1.54) is 18.6 Å². The molecule has 39 heavy (non-hydrogen) atoms. The molecule has 198 valence electrons. The Balaban J connectivity index is 1.39. The molecule has 2 heterocycles. The van der Waals surface area contributed by atoms with Crippen LogP contribution in [0.15, 0.2) is 66.9 Å². The predicted molar refractivity (Wildman–Crippen MR) is 149 cm³/mol. The van der Waals surface area contributed by atoms with Crippen LogP contribution in [0.25, 0.3) is 32.8 Å². The van der Waals surface area contributed by atoms with E-state index in [2.05, 4.69) is 33.9 Å². The molecule has 7 nitrogen and oxygen atoms in total. The number of halogens is 1. The van der Waals surface area contributed by atoms with E-state index >= 15 is 0 Å². The fourth-order valence-corrected chi connectivity index (χ4v) is 5.19. The van der Waals surface area contributed by atoms with Gasteiger partial charge in [0.2, 0.25) is 0 Å². The zero-order valence-electron chi connectivity index (χ0n) is 21.7. The topological polar surface area (TPSA) is 92.3 Å². The van der Waals surface area contributed by atoms with Gasteiger partial charge in [0.25, 0.3) is 0 Å². The Bertz CT molecular complexity index is 1690. The third kappa shape index (κ3) is 4.78. The molecule has 0 atom stereocenters. The molecule has 0 radical (unpaired) electrons. The number of nitrogens with zero attached hydrogens (tertiary/aromatic N) is 3. The van der Waals surface area contributed by atoms with Gasteiger partial charge in [-0.1, -0.05) is 30.3 Å². The van der Waals surface area contributed by atoms with Gasteiger partial charge in [-0.15, -0.1) is 0 Å². The summed E-state index contributed by atoms with van der Waals surface area (Å²) in [6.45, 7) is 2.16. The standard InChI is InChI=1S/C31H29FN4O3/c1-2-38-30(37)16-20-9-11-21(32)17-29(20)39-18-27-26-15-19(10-12-28(26)36(35-27)22-5-3-6-22)23-7-4-8-25-24(23)13-14-34-31(25)33/h4,7-15,17,22H,2-3,5-6,16,18H2,1H3,(H2,33,34). The Hall–Kier alpha value is -4.46. The smallest absolute Gasteiger partial charge is 0.310 e. The summed E-state index contributed by atoms with van der Waals surface area (Å²) in [4.78, 5) is 16.3. The number of fused-ring (bicyclic) bond motifs is 2. The maximum Gasteiger partial charge on any atom is 0.310 e. The summed E-state index contributed by atoms with van der Waals surface area (Å²) in [5, 5.41) is 7.86. The molecular formula is C31H29FN4O3. The number of nitrogen functional groups attached to an aromatic ring is 1. The zero-order valence-corrected chi connectivity index (χ0v) is 21.7. The molecular weight excluding hydrogens is 495 g/mol. The van der Waals surface area contributed by atoms with E-state index in [1.54, 1.807) is 19.2 Å². The first-order valence-electron chi connectivity index (χ1n) is 13.2. The van der Waals surface area contributed by atoms with E-state index < -0.39 is 5.82 Å². The molecule has 8 heteroatoms. The quantitative estimate of drug-likeness (QED) is 0.237. The van der Waals surface area contributed by atoms with Crippen LogP contribution in [0.2, 0.25) is 0 Å². The molecule has 1 aliphatic rings. The van der Waals surface area contributed by atoms with Gasteiger partial charge in [-0.3, -0.25) is 9.48 Å². The number of carbonyl (C=O) groups excluding carboxylic acids is 1. The summed E-state index contributed by atoms with van der Waals surface area (Å²) in [6, 6.07) is 18.9. The Kier molecular flexibility index (Phi) is 6.60. The molecule has 0 unspecified atom stereocenters. The van der Waals surface area contributed by atoms with Crippen molar-refractivity contribution in [1.82, 2.24) is 14.8 Å². The molecule has 0 bridgehead atoms. The van der Waals surface area contributed by atoms with Gasteiger partial charge in [0.15, 0.2) is 0 Å². The molecule has 0 spiro atoms. The number of pyridine rings is 1. The molecule has 2 N–H and O–H groups in total. The highest BCUT2D eigenvalue weighted by Crippen LogP contribution is 2.38. The second kappa shape index (κ2) is 10.4. The Labute approximate surface area is 225 Å². The highest BCUT2D eigenvalue weighted by Gasteiger charge is 2.24. The number of rotatable bonds is 8. The lowest BCUT2D eigenvalue weighted by atomic mass is 9.93. The molecule has 6 rings (SSSR count). The van der Waals surface area contributed by atoms with Crippen LogP contribution >= 0.6 is 0 Å². The van der Waals surface area contributed by atoms with Crippen molar-refractivity contribution in [2.75, 3.05) is 12.3 Å². The molecule has 1 fully saturated rings. The van der Waals surface area contributed by atoms with Crippen molar-refractivity contribution in [3.63, 3.8) is 0 Å². The van der Waals surface area contributed by atoms with E-state index in [-0.39, 0.29) is 25.6 Å². The van der Waals surface area contributed by atoms with Crippen LogP contribution in [0.3, 0.4) is 0 Å². The summed E-state index contributed by atoms with van der Waals surface area (Å²) in [5.74, 6) is -0.0164. The Morgan fingerprint density at radius 2 is 1.95 bits per heavy atom. The number of ether oxygens (including phenoxy) is 2. The highest BCUT2D eigenvalue weighted by atomic mass is 19.1. The fraction of sp³-hybridized carbons (Fsp3) is 0.258. The minimum atomic E-state index is -0.436. The van der Waals surface area contributed by atoms with Gasteiger partial charge in [0.1, 0.15) is 29.7 Å². The molecule has 5 aromatic rings. The number of hydrogen-bond donors (Lipinski definition) is 1. The van der Waals surface area contributed by atoms with E-state index in [0.717, 1.165) is 51.3 Å². The van der Waals surface area contributed by atoms with Gasteiger partial charge in [-0.25, -0.2) is 9.37 Å². The molecule has 0 saturated heterocycles. The minimum Gasteiger partial charge on any atom is -0.487 e. The van der Waals surface area contributed by atoms with Crippen molar-refractivity contribution in [3.8, 4) is 16.9 Å². The van der Waals surface area contributed by atoms with Crippen molar-refractivity contribution < 1.29 is 18.7 Å². The maximum absolute atomic E-state index is 14.1. The van der Waals surface area contributed by atoms with E-state index in [4.69, 9.17) is 20.3 Å². The summed E-state index contributed by atoms with van der Waals surface area (Å²) >= 11 is 0. The third-order valence-electron chi connectivity index (χ3n) is 7.38. The van der Waals surface area contributed by atoms with Gasteiger partial charge in [-0.05, 0) is 67.0 Å². The van der Waals surface area contributed by atoms with Gasteiger partial charge < -0.3 is 15.2 Å². The monoisotopic (exact) mass is 524 g/mol. The predicted octanol–water partition coefficient (Wildman–Crippen LogP) is 6.38. The minimum absolute atomic E-state index is 0.00390. The first kappa shape index (κ1) is 24.9. The molecule has 2 aromatic heterocycles. The van der Waals surface area contributed by atoms with E-state index in [0.29, 0.717) is 23.2 Å². The van der Waals surface area contributed by atoms with Crippen molar-refractivity contribution in [1.29, 1.82) is 0 Å². The summed E-state index contributed by atoms with van der Waals surface area (Å²) in [6.07, 6.45) is 5.08. The first-order chi connectivity index (χ1) is 19.0. The Morgan fingerprint density at radius 1 is 1.08 bits per heavy atom. The number of carbonyl (C=O) groups is 1. The average Bonchev–Trinajstić information content (AvgIpc) is 3.25. The second-order valence-corrected chi connectivity index (χ2v) is 9.83. The van der Waals surface area contributed by atoms with Crippen molar-refractivity contribution >= 4 is 33.5 Å². The van der Waals surface area contributed by atoms with Crippen molar-refractivity contribution in [2.24, 2.45) is 0 Å². The lowest BCUT2D eigenvalue weighted by Gasteiger charge is -2.26. The summed E-state index contributed by atoms with van der Waals surface area (Å²) in [5.41, 5.74) is 10.6. The zero-order chi connectivity index (χ0) is 26.9. The average molecular weight is 525 g/mol. The van der Waals surface area contributed by atoms with Gasteiger partial charge in [-0.2, -0.15) is 5.10 Å². The van der Waals surface area contributed by atoms with E-state index in [1.807, 2.05) is 18.2 Å². The number of benzene rings is 3. The van der Waals surface area contributed by atoms with Crippen LogP contribution in [0.4, 0.5) is 10.2 Å². The fourth-order valence-electron chi connectivity index (χ4n) is 5.19. The van der Waals surface area contributed by atoms with Crippen molar-refractivity contribution in [2.45, 2.75) is 45.3 Å². The molecule has 0 aliphatic heterocycles. The summed E-state index contributed by atoms with van der Waals surface area (Å²) < 4.78 is 27.4. The van der Waals surface area contributed by atoms with Crippen LogP contribution in [-0.2, 0) is 22.6 Å². The van der Waals surface area contributed by atoms with Gasteiger partial charge in [0.05, 0.1) is 24.6 Å². The van der Waals surface area contributed by atoms with Crippen LogP contribution in [0, 0.1) is 5.82 Å². The SMILES string of the molecule is CCOC(=O)Cc1ccc(F)cc1OCc1nn(C2CCC2)c2ccc(-c3cccc4c(N)nccc34)cc12. The second-order valence-electron chi connectivity index (χ2n) is 9.83. The van der Waals surface area contributed by atoms with Gasteiger partial charge in [0, 0.05) is 28.6 Å². The number of aromatic nitrogens is 3.